The number of ether oxygens (including phenoxy) is 1. The van der Waals surface area contributed by atoms with E-state index in [0.29, 0.717) is 26.2 Å². The van der Waals surface area contributed by atoms with E-state index < -0.39 is 0 Å². The molecule has 0 bridgehead atoms. The predicted molar refractivity (Wildman–Crippen MR) is 57.7 cm³/mol. The third kappa shape index (κ3) is 2.95. The summed E-state index contributed by atoms with van der Waals surface area (Å²) in [4.78, 5) is 22.8. The Labute approximate surface area is 94.9 Å². The summed E-state index contributed by atoms with van der Waals surface area (Å²) in [5, 5.41) is 5.76. The molecule has 0 radical (unpaired) electrons. The smallest absolute Gasteiger partial charge is 0.223 e. The third-order valence-electron chi connectivity index (χ3n) is 3.20. The van der Waals surface area contributed by atoms with Crippen LogP contribution in [0.1, 0.15) is 25.7 Å². The van der Waals surface area contributed by atoms with Gasteiger partial charge in [0, 0.05) is 38.1 Å². The van der Waals surface area contributed by atoms with Gasteiger partial charge in [0.2, 0.25) is 11.8 Å². The molecule has 0 spiro atoms. The van der Waals surface area contributed by atoms with Crippen LogP contribution in [0.2, 0.25) is 0 Å². The summed E-state index contributed by atoms with van der Waals surface area (Å²) in [7, 11) is 0. The molecule has 5 heteroatoms. The highest BCUT2D eigenvalue weighted by atomic mass is 16.5. The predicted octanol–water partition coefficient (Wildman–Crippen LogP) is -0.192. The van der Waals surface area contributed by atoms with Crippen LogP contribution in [0.15, 0.2) is 0 Å². The Morgan fingerprint density at radius 2 is 2.06 bits per heavy atom. The molecule has 2 N–H and O–H groups in total. The van der Waals surface area contributed by atoms with Crippen LogP contribution in [0.25, 0.3) is 0 Å². The van der Waals surface area contributed by atoms with Gasteiger partial charge in [0.15, 0.2) is 0 Å². The van der Waals surface area contributed by atoms with Crippen molar-refractivity contribution in [2.75, 3.05) is 19.8 Å². The summed E-state index contributed by atoms with van der Waals surface area (Å²) in [6.07, 6.45) is 2.88. The van der Waals surface area contributed by atoms with E-state index in [1.54, 1.807) is 0 Å². The van der Waals surface area contributed by atoms with Crippen molar-refractivity contribution in [2.45, 2.75) is 31.7 Å². The van der Waals surface area contributed by atoms with Gasteiger partial charge in [0.25, 0.3) is 0 Å². The first kappa shape index (κ1) is 11.4. The zero-order chi connectivity index (χ0) is 11.4. The Morgan fingerprint density at radius 1 is 1.31 bits per heavy atom. The van der Waals surface area contributed by atoms with Crippen LogP contribution < -0.4 is 10.6 Å². The zero-order valence-corrected chi connectivity index (χ0v) is 9.33. The zero-order valence-electron chi connectivity index (χ0n) is 9.33. The van der Waals surface area contributed by atoms with Gasteiger partial charge < -0.3 is 15.4 Å². The van der Waals surface area contributed by atoms with E-state index in [-0.39, 0.29) is 23.8 Å². The van der Waals surface area contributed by atoms with Crippen LogP contribution >= 0.6 is 0 Å². The average molecular weight is 226 g/mol. The highest BCUT2D eigenvalue weighted by Crippen LogP contribution is 2.15. The first-order valence-corrected chi connectivity index (χ1v) is 5.90. The lowest BCUT2D eigenvalue weighted by atomic mass is 9.98. The highest BCUT2D eigenvalue weighted by Gasteiger charge is 2.25. The van der Waals surface area contributed by atoms with Crippen LogP contribution in [-0.4, -0.2) is 37.6 Å². The molecule has 2 aliphatic heterocycles. The molecular weight excluding hydrogens is 208 g/mol. The van der Waals surface area contributed by atoms with Crippen LogP contribution in [0.3, 0.4) is 0 Å². The maximum atomic E-state index is 11.9. The molecule has 0 aromatic rings. The Balaban J connectivity index is 1.75. The van der Waals surface area contributed by atoms with Crippen molar-refractivity contribution in [3.05, 3.63) is 0 Å². The topological polar surface area (TPSA) is 67.4 Å². The first-order valence-electron chi connectivity index (χ1n) is 5.90. The quantitative estimate of drug-likeness (QED) is 0.685. The molecule has 1 atom stereocenters. The number of hydrogen-bond donors (Lipinski definition) is 2. The van der Waals surface area contributed by atoms with Gasteiger partial charge >= 0.3 is 0 Å². The summed E-state index contributed by atoms with van der Waals surface area (Å²) in [6.45, 7) is 1.92. The molecular formula is C11H18N2O3. The van der Waals surface area contributed by atoms with E-state index in [9.17, 15) is 9.59 Å². The van der Waals surface area contributed by atoms with E-state index in [1.165, 1.54) is 0 Å². The molecule has 0 aromatic heterocycles. The van der Waals surface area contributed by atoms with Crippen molar-refractivity contribution < 1.29 is 14.3 Å². The van der Waals surface area contributed by atoms with Crippen molar-refractivity contribution in [1.82, 2.24) is 10.6 Å². The summed E-state index contributed by atoms with van der Waals surface area (Å²) >= 11 is 0. The normalized spacial score (nSPS) is 27.2. The Kier molecular flexibility index (Phi) is 3.77. The molecule has 2 amide bonds. The molecule has 90 valence electrons. The molecule has 2 saturated heterocycles. The maximum absolute atomic E-state index is 11.9. The molecule has 5 nitrogen and oxygen atoms in total. The van der Waals surface area contributed by atoms with Crippen molar-refractivity contribution in [1.29, 1.82) is 0 Å². The van der Waals surface area contributed by atoms with Crippen molar-refractivity contribution in [3.63, 3.8) is 0 Å². The van der Waals surface area contributed by atoms with E-state index in [0.717, 1.165) is 19.3 Å². The fourth-order valence-corrected chi connectivity index (χ4v) is 2.13. The van der Waals surface area contributed by atoms with Gasteiger partial charge in [-0.15, -0.1) is 0 Å². The van der Waals surface area contributed by atoms with Gasteiger partial charge in [-0.1, -0.05) is 0 Å². The Bertz CT molecular complexity index is 264. The Morgan fingerprint density at radius 3 is 2.69 bits per heavy atom. The van der Waals surface area contributed by atoms with Gasteiger partial charge in [0.1, 0.15) is 0 Å². The minimum Gasteiger partial charge on any atom is -0.381 e. The first-order chi connectivity index (χ1) is 7.75. The number of carbonyl (C=O) groups is 2. The highest BCUT2D eigenvalue weighted by molar-refractivity contribution is 5.80. The van der Waals surface area contributed by atoms with E-state index >= 15 is 0 Å². The minimum atomic E-state index is 0.0802. The molecule has 2 heterocycles. The standard InChI is InChI=1S/C11H18N2O3/c14-10-2-1-9(7-12-10)13-11(15)8-3-5-16-6-4-8/h8-9H,1-7H2,(H,12,14)(H,13,15). The fourth-order valence-electron chi connectivity index (χ4n) is 2.13. The van der Waals surface area contributed by atoms with Gasteiger partial charge in [0.05, 0.1) is 0 Å². The largest absolute Gasteiger partial charge is 0.381 e. The molecule has 2 aliphatic rings. The number of rotatable bonds is 2. The maximum Gasteiger partial charge on any atom is 0.223 e. The van der Waals surface area contributed by atoms with Gasteiger partial charge in [-0.25, -0.2) is 0 Å². The van der Waals surface area contributed by atoms with Crippen LogP contribution in [0.4, 0.5) is 0 Å². The monoisotopic (exact) mass is 226 g/mol. The van der Waals surface area contributed by atoms with E-state index in [1.807, 2.05) is 0 Å². The second kappa shape index (κ2) is 5.30. The number of piperidine rings is 1. The van der Waals surface area contributed by atoms with Crippen LogP contribution in [0.5, 0.6) is 0 Å². The number of carbonyl (C=O) groups excluding carboxylic acids is 2. The van der Waals surface area contributed by atoms with Crippen molar-refractivity contribution in [3.8, 4) is 0 Å². The summed E-state index contributed by atoms with van der Waals surface area (Å²) in [5.41, 5.74) is 0. The van der Waals surface area contributed by atoms with Crippen LogP contribution in [0, 0.1) is 5.92 Å². The van der Waals surface area contributed by atoms with Gasteiger partial charge in [-0.2, -0.15) is 0 Å². The van der Waals surface area contributed by atoms with Crippen molar-refractivity contribution >= 4 is 11.8 Å². The van der Waals surface area contributed by atoms with Crippen molar-refractivity contribution in [2.24, 2.45) is 5.92 Å². The molecule has 2 rings (SSSR count). The number of hydrogen-bond acceptors (Lipinski definition) is 3. The average Bonchev–Trinajstić information content (AvgIpc) is 2.33. The van der Waals surface area contributed by atoms with Gasteiger partial charge in [-0.3, -0.25) is 9.59 Å². The summed E-state index contributed by atoms with van der Waals surface area (Å²) in [5.74, 6) is 0.285. The fraction of sp³-hybridized carbons (Fsp3) is 0.818. The van der Waals surface area contributed by atoms with Crippen LogP contribution in [-0.2, 0) is 14.3 Å². The lowest BCUT2D eigenvalue weighted by molar-refractivity contribution is -0.130. The molecule has 2 fully saturated rings. The number of nitrogens with one attached hydrogen (secondary N) is 2. The van der Waals surface area contributed by atoms with E-state index in [4.69, 9.17) is 4.74 Å². The molecule has 0 saturated carbocycles. The molecule has 1 unspecified atom stereocenters. The van der Waals surface area contributed by atoms with Gasteiger partial charge in [-0.05, 0) is 19.3 Å². The molecule has 0 aliphatic carbocycles. The lowest BCUT2D eigenvalue weighted by Crippen LogP contribution is -2.49. The lowest BCUT2D eigenvalue weighted by Gasteiger charge is -2.27. The minimum absolute atomic E-state index is 0.0802. The number of amides is 2. The summed E-state index contributed by atoms with van der Waals surface area (Å²) < 4.78 is 5.22. The Hall–Kier alpha value is -1.10. The van der Waals surface area contributed by atoms with E-state index in [2.05, 4.69) is 10.6 Å². The second-order valence-electron chi connectivity index (χ2n) is 4.43. The SMILES string of the molecule is O=C1CCC(NC(=O)C2CCOCC2)CN1. The molecule has 16 heavy (non-hydrogen) atoms. The second-order valence-corrected chi connectivity index (χ2v) is 4.43. The molecule has 0 aromatic carbocycles. The third-order valence-corrected chi connectivity index (χ3v) is 3.20. The summed E-state index contributed by atoms with van der Waals surface area (Å²) in [6, 6.07) is 0.105.